The van der Waals surface area contributed by atoms with Crippen LogP contribution in [0.4, 0.5) is 22.1 Å². The topological polar surface area (TPSA) is 121 Å². The molecule has 0 aliphatic rings. The third-order valence-electron chi connectivity index (χ3n) is 4.63. The van der Waals surface area contributed by atoms with Gasteiger partial charge in [0.05, 0.1) is 19.9 Å². The number of hydrogen-bond acceptors (Lipinski definition) is 7. The molecule has 32 heavy (non-hydrogen) atoms. The first-order valence-electron chi connectivity index (χ1n) is 9.65. The van der Waals surface area contributed by atoms with E-state index in [1.165, 1.54) is 0 Å². The molecule has 3 aromatic carbocycles. The molecule has 0 bridgehead atoms. The normalized spacial score (nSPS) is 10.4. The minimum atomic E-state index is -0.634. The van der Waals surface area contributed by atoms with E-state index in [0.717, 1.165) is 16.5 Å². The number of nitrogens with zero attached hydrogens (tertiary/aromatic N) is 2. The third-order valence-corrected chi connectivity index (χ3v) is 4.63. The van der Waals surface area contributed by atoms with Gasteiger partial charge in [-0.1, -0.05) is 24.3 Å². The number of aromatic nitrogens is 2. The van der Waals surface area contributed by atoms with E-state index in [1.807, 2.05) is 30.3 Å². The lowest BCUT2D eigenvalue weighted by atomic mass is 10.1. The second kappa shape index (κ2) is 9.09. The standard InChI is InChI=1S/C23H21N5O4/c1-30-19-9-7-14(13-20(19)31-2)26-23-25-12-11-21(28-23)32-18-10-8-17(27-22(24)29)15-5-3-4-6-16(15)18/h3-13H,1-2H3,(H3,24,27,29)(H,25,26,28). The number of methoxy groups -OCH3 is 2. The first-order valence-corrected chi connectivity index (χ1v) is 9.65. The molecular weight excluding hydrogens is 410 g/mol. The van der Waals surface area contributed by atoms with Crippen molar-refractivity contribution in [3.05, 3.63) is 66.9 Å². The van der Waals surface area contributed by atoms with Crippen LogP contribution in [0, 0.1) is 0 Å². The van der Waals surface area contributed by atoms with Crippen molar-refractivity contribution >= 4 is 34.1 Å². The highest BCUT2D eigenvalue weighted by molar-refractivity contribution is 6.03. The number of nitrogens with one attached hydrogen (secondary N) is 2. The van der Waals surface area contributed by atoms with Crippen molar-refractivity contribution in [3.8, 4) is 23.1 Å². The summed E-state index contributed by atoms with van der Waals surface area (Å²) in [6.07, 6.45) is 1.59. The van der Waals surface area contributed by atoms with Crippen LogP contribution in [-0.2, 0) is 0 Å². The maximum absolute atomic E-state index is 11.3. The average molecular weight is 431 g/mol. The van der Waals surface area contributed by atoms with Gasteiger partial charge < -0.3 is 30.6 Å². The molecular formula is C23H21N5O4. The average Bonchev–Trinajstić information content (AvgIpc) is 2.80. The number of amides is 2. The minimum Gasteiger partial charge on any atom is -0.493 e. The van der Waals surface area contributed by atoms with E-state index in [9.17, 15) is 4.79 Å². The van der Waals surface area contributed by atoms with Crippen molar-refractivity contribution in [2.24, 2.45) is 5.73 Å². The Hall–Kier alpha value is -4.53. The Morgan fingerprint density at radius 3 is 2.41 bits per heavy atom. The fraction of sp³-hybridized carbons (Fsp3) is 0.0870. The lowest BCUT2D eigenvalue weighted by Crippen LogP contribution is -2.19. The molecule has 0 saturated carbocycles. The third kappa shape index (κ3) is 4.46. The lowest BCUT2D eigenvalue weighted by Gasteiger charge is -2.13. The van der Waals surface area contributed by atoms with Crippen molar-refractivity contribution in [3.63, 3.8) is 0 Å². The largest absolute Gasteiger partial charge is 0.493 e. The van der Waals surface area contributed by atoms with Gasteiger partial charge in [-0.3, -0.25) is 0 Å². The zero-order chi connectivity index (χ0) is 22.5. The van der Waals surface area contributed by atoms with Crippen LogP contribution in [0.2, 0.25) is 0 Å². The van der Waals surface area contributed by atoms with Crippen molar-refractivity contribution in [2.75, 3.05) is 24.9 Å². The Morgan fingerprint density at radius 2 is 1.66 bits per heavy atom. The Balaban J connectivity index is 1.60. The zero-order valence-corrected chi connectivity index (χ0v) is 17.5. The zero-order valence-electron chi connectivity index (χ0n) is 17.5. The summed E-state index contributed by atoms with van der Waals surface area (Å²) in [5.74, 6) is 2.49. The van der Waals surface area contributed by atoms with Crippen molar-refractivity contribution in [1.82, 2.24) is 9.97 Å². The number of nitrogens with two attached hydrogens (primary N) is 1. The SMILES string of the molecule is COc1ccc(Nc2nccc(Oc3ccc(NC(N)=O)c4ccccc34)n2)cc1OC. The van der Waals surface area contributed by atoms with Gasteiger partial charge in [0.25, 0.3) is 0 Å². The Labute approximate surface area is 184 Å². The van der Waals surface area contributed by atoms with Crippen LogP contribution in [0.15, 0.2) is 66.9 Å². The molecule has 4 rings (SSSR count). The van der Waals surface area contributed by atoms with E-state index in [4.69, 9.17) is 19.9 Å². The minimum absolute atomic E-state index is 0.351. The maximum atomic E-state index is 11.3. The van der Waals surface area contributed by atoms with Gasteiger partial charge in [-0.2, -0.15) is 4.98 Å². The Bertz CT molecular complexity index is 1280. The summed E-state index contributed by atoms with van der Waals surface area (Å²) in [5.41, 5.74) is 6.60. The Kier molecular flexibility index (Phi) is 5.89. The molecule has 4 aromatic rings. The number of rotatable bonds is 7. The molecule has 4 N–H and O–H groups in total. The van der Waals surface area contributed by atoms with Gasteiger partial charge in [-0.05, 0) is 24.3 Å². The van der Waals surface area contributed by atoms with Crippen LogP contribution in [0.3, 0.4) is 0 Å². The van der Waals surface area contributed by atoms with Gasteiger partial charge >= 0.3 is 6.03 Å². The first kappa shape index (κ1) is 20.7. The van der Waals surface area contributed by atoms with Gasteiger partial charge in [0.1, 0.15) is 5.75 Å². The summed E-state index contributed by atoms with van der Waals surface area (Å²) in [6.45, 7) is 0. The summed E-state index contributed by atoms with van der Waals surface area (Å²) >= 11 is 0. The van der Waals surface area contributed by atoms with Crippen LogP contribution in [0.1, 0.15) is 0 Å². The quantitative estimate of drug-likeness (QED) is 0.389. The van der Waals surface area contributed by atoms with Crippen LogP contribution >= 0.6 is 0 Å². The van der Waals surface area contributed by atoms with Crippen molar-refractivity contribution in [2.45, 2.75) is 0 Å². The molecule has 9 nitrogen and oxygen atoms in total. The van der Waals surface area contributed by atoms with Gasteiger partial charge in [0.2, 0.25) is 11.8 Å². The lowest BCUT2D eigenvalue weighted by molar-refractivity contribution is 0.259. The number of urea groups is 1. The van der Waals surface area contributed by atoms with Crippen LogP contribution in [0.5, 0.6) is 23.1 Å². The summed E-state index contributed by atoms with van der Waals surface area (Å²) in [4.78, 5) is 20.0. The van der Waals surface area contributed by atoms with E-state index in [1.54, 1.807) is 50.7 Å². The second-order valence-corrected chi connectivity index (χ2v) is 6.66. The molecule has 0 radical (unpaired) electrons. The van der Waals surface area contributed by atoms with E-state index in [0.29, 0.717) is 34.8 Å². The van der Waals surface area contributed by atoms with Gasteiger partial charge in [-0.15, -0.1) is 0 Å². The molecule has 9 heteroatoms. The highest BCUT2D eigenvalue weighted by atomic mass is 16.5. The van der Waals surface area contributed by atoms with Gasteiger partial charge in [-0.25, -0.2) is 9.78 Å². The van der Waals surface area contributed by atoms with Crippen LogP contribution in [-0.4, -0.2) is 30.2 Å². The number of benzene rings is 3. The molecule has 0 atom stereocenters. The molecule has 162 valence electrons. The van der Waals surface area contributed by atoms with Crippen LogP contribution in [0.25, 0.3) is 10.8 Å². The fourth-order valence-electron chi connectivity index (χ4n) is 3.22. The van der Waals surface area contributed by atoms with Crippen molar-refractivity contribution in [1.29, 1.82) is 0 Å². The number of carbonyl (C=O) groups is 1. The molecule has 0 saturated heterocycles. The number of primary amides is 1. The molecule has 0 spiro atoms. The molecule has 0 unspecified atom stereocenters. The van der Waals surface area contributed by atoms with E-state index >= 15 is 0 Å². The predicted molar refractivity (Wildman–Crippen MR) is 122 cm³/mol. The van der Waals surface area contributed by atoms with E-state index < -0.39 is 6.03 Å². The summed E-state index contributed by atoms with van der Waals surface area (Å²) in [6, 6.07) is 17.4. The van der Waals surface area contributed by atoms with Crippen LogP contribution < -0.4 is 30.6 Å². The summed E-state index contributed by atoms with van der Waals surface area (Å²) < 4.78 is 16.6. The predicted octanol–water partition coefficient (Wildman–Crippen LogP) is 4.67. The molecule has 0 fully saturated rings. The smallest absolute Gasteiger partial charge is 0.316 e. The molecule has 1 aromatic heterocycles. The first-order chi connectivity index (χ1) is 15.6. The number of anilines is 3. The molecule has 1 heterocycles. The number of carbonyl (C=O) groups excluding carboxylic acids is 1. The van der Waals surface area contributed by atoms with Gasteiger partial charge in [0.15, 0.2) is 11.5 Å². The monoisotopic (exact) mass is 431 g/mol. The highest BCUT2D eigenvalue weighted by Crippen LogP contribution is 2.34. The second-order valence-electron chi connectivity index (χ2n) is 6.66. The summed E-state index contributed by atoms with van der Waals surface area (Å²) in [5, 5.41) is 7.34. The maximum Gasteiger partial charge on any atom is 0.316 e. The number of hydrogen-bond donors (Lipinski definition) is 3. The van der Waals surface area contributed by atoms with Crippen molar-refractivity contribution < 1.29 is 19.0 Å². The molecule has 0 aliphatic heterocycles. The fourth-order valence-corrected chi connectivity index (χ4v) is 3.22. The number of ether oxygens (including phenoxy) is 3. The van der Waals surface area contributed by atoms with E-state index in [2.05, 4.69) is 20.6 Å². The summed E-state index contributed by atoms with van der Waals surface area (Å²) in [7, 11) is 3.15. The van der Waals surface area contributed by atoms with E-state index in [-0.39, 0.29) is 0 Å². The molecule has 2 amide bonds. The van der Waals surface area contributed by atoms with Gasteiger partial charge in [0, 0.05) is 34.8 Å². The molecule has 0 aliphatic carbocycles. The highest BCUT2D eigenvalue weighted by Gasteiger charge is 2.11. The number of fused-ring (bicyclic) bond motifs is 1. The Morgan fingerprint density at radius 1 is 0.906 bits per heavy atom.